The van der Waals surface area contributed by atoms with Crippen LogP contribution in [-0.2, 0) is 51.2 Å². The Labute approximate surface area is 379 Å². The van der Waals surface area contributed by atoms with Gasteiger partial charge >= 0.3 is 5.97 Å². The molecule has 2 fully saturated rings. The molecule has 2 heterocycles. The number of fused-ring (bicyclic) bond motifs is 1. The van der Waals surface area contributed by atoms with Gasteiger partial charge in [0, 0.05) is 25.9 Å². The molecule has 7 amide bonds. The first-order valence-corrected chi connectivity index (χ1v) is 22.1. The van der Waals surface area contributed by atoms with Gasteiger partial charge in [-0.15, -0.1) is 0 Å². The first kappa shape index (κ1) is 50.9. The molecule has 65 heavy (non-hydrogen) atoms. The van der Waals surface area contributed by atoms with E-state index >= 15 is 0 Å². The van der Waals surface area contributed by atoms with E-state index in [1.807, 2.05) is 19.9 Å². The number of hydrogen-bond acceptors (Lipinski definition) is 9. The SMILES string of the molecule is CC(C)=CCN=C(N)NCCCC1NC(=O)C(Cc2ccccc2)NC(=O)C(CC(=O)O)NC(=O)C(CC(C)C)NC(=O)CNC(=O)C2CCCN2C(=O)C(Cc2ccccc2)NC1=O. The largest absolute Gasteiger partial charge is 0.481 e. The second kappa shape index (κ2) is 25.5. The molecule has 0 saturated carbocycles. The number of carbonyl (C=O) groups is 8. The van der Waals surface area contributed by atoms with Gasteiger partial charge in [-0.25, -0.2) is 4.99 Å². The van der Waals surface area contributed by atoms with Crippen LogP contribution in [0.25, 0.3) is 0 Å². The van der Waals surface area contributed by atoms with Gasteiger partial charge in [0.25, 0.3) is 0 Å². The van der Waals surface area contributed by atoms with Crippen LogP contribution < -0.4 is 43.0 Å². The van der Waals surface area contributed by atoms with Crippen molar-refractivity contribution in [2.24, 2.45) is 16.6 Å². The third-order valence-corrected chi connectivity index (χ3v) is 10.8. The van der Waals surface area contributed by atoms with Crippen molar-refractivity contribution in [1.29, 1.82) is 0 Å². The maximum Gasteiger partial charge on any atom is 0.305 e. The van der Waals surface area contributed by atoms with Crippen molar-refractivity contribution in [3.63, 3.8) is 0 Å². The Morgan fingerprint density at radius 2 is 1.34 bits per heavy atom. The topological polar surface area (TPSA) is 283 Å². The van der Waals surface area contributed by atoms with Crippen molar-refractivity contribution in [2.75, 3.05) is 26.2 Å². The zero-order valence-corrected chi connectivity index (χ0v) is 37.6. The molecule has 2 saturated heterocycles. The van der Waals surface area contributed by atoms with E-state index in [1.54, 1.807) is 74.5 Å². The van der Waals surface area contributed by atoms with Gasteiger partial charge in [0.05, 0.1) is 19.5 Å². The molecule has 6 unspecified atom stereocenters. The minimum Gasteiger partial charge on any atom is -0.481 e. The number of carboxylic acids is 1. The molecular weight excluding hydrogens is 837 g/mol. The third-order valence-electron chi connectivity index (χ3n) is 10.8. The monoisotopic (exact) mass is 900 g/mol. The minimum atomic E-state index is -1.70. The van der Waals surface area contributed by atoms with Crippen LogP contribution in [0.5, 0.6) is 0 Å². The van der Waals surface area contributed by atoms with Gasteiger partial charge in [0.15, 0.2) is 5.96 Å². The first-order chi connectivity index (χ1) is 31.0. The molecule has 352 valence electrons. The normalized spacial score (nSPS) is 23.1. The molecule has 10 N–H and O–H groups in total. The molecule has 0 aromatic heterocycles. The van der Waals surface area contributed by atoms with Gasteiger partial charge in [-0.1, -0.05) is 86.2 Å². The van der Waals surface area contributed by atoms with E-state index in [9.17, 15) is 43.5 Å². The minimum absolute atomic E-state index is 0.0226. The van der Waals surface area contributed by atoms with Crippen LogP contribution in [0.2, 0.25) is 0 Å². The van der Waals surface area contributed by atoms with Crippen molar-refractivity contribution >= 4 is 53.3 Å². The Kier molecular flexibility index (Phi) is 19.9. The van der Waals surface area contributed by atoms with Gasteiger partial charge in [0.1, 0.15) is 36.3 Å². The van der Waals surface area contributed by atoms with Crippen LogP contribution in [-0.4, -0.2) is 126 Å². The number of aliphatic carboxylic acids is 1. The summed E-state index contributed by atoms with van der Waals surface area (Å²) in [6, 6.07) is 9.84. The van der Waals surface area contributed by atoms with Gasteiger partial charge in [-0.05, 0) is 63.0 Å². The summed E-state index contributed by atoms with van der Waals surface area (Å²) in [6.45, 7) is 7.71. The zero-order chi connectivity index (χ0) is 47.5. The Balaban J connectivity index is 1.76. The highest BCUT2D eigenvalue weighted by molar-refractivity contribution is 5.99. The lowest BCUT2D eigenvalue weighted by Crippen LogP contribution is -2.60. The maximum atomic E-state index is 14.5. The van der Waals surface area contributed by atoms with Gasteiger partial charge in [0.2, 0.25) is 41.4 Å². The second-order valence-electron chi connectivity index (χ2n) is 17.0. The average Bonchev–Trinajstić information content (AvgIpc) is 3.75. The van der Waals surface area contributed by atoms with E-state index in [2.05, 4.69) is 42.2 Å². The number of amides is 7. The van der Waals surface area contributed by atoms with Crippen molar-refractivity contribution in [3.05, 3.63) is 83.4 Å². The van der Waals surface area contributed by atoms with Crippen molar-refractivity contribution < 1.29 is 43.5 Å². The highest BCUT2D eigenvalue weighted by atomic mass is 16.4. The molecule has 2 aliphatic rings. The van der Waals surface area contributed by atoms with Crippen LogP contribution in [0.1, 0.15) is 77.3 Å². The predicted octanol–water partition coefficient (Wildman–Crippen LogP) is 0.188. The molecular formula is C46H64N10O9. The third kappa shape index (κ3) is 17.0. The number of allylic oxidation sites excluding steroid dienone is 1. The molecule has 19 nitrogen and oxygen atoms in total. The van der Waals surface area contributed by atoms with Crippen LogP contribution in [0.15, 0.2) is 77.3 Å². The number of nitrogens with one attached hydrogen (secondary N) is 7. The quantitative estimate of drug-likeness (QED) is 0.0534. The van der Waals surface area contributed by atoms with E-state index in [4.69, 9.17) is 5.73 Å². The van der Waals surface area contributed by atoms with Crippen LogP contribution in [0, 0.1) is 5.92 Å². The summed E-state index contributed by atoms with van der Waals surface area (Å²) in [5, 5.41) is 28.6. The number of nitrogens with two attached hydrogens (primary N) is 1. The highest BCUT2D eigenvalue weighted by Crippen LogP contribution is 2.20. The van der Waals surface area contributed by atoms with E-state index in [1.165, 1.54) is 4.90 Å². The maximum absolute atomic E-state index is 14.5. The summed E-state index contributed by atoms with van der Waals surface area (Å²) < 4.78 is 0. The Morgan fingerprint density at radius 1 is 0.785 bits per heavy atom. The van der Waals surface area contributed by atoms with Crippen LogP contribution >= 0.6 is 0 Å². The fourth-order valence-corrected chi connectivity index (χ4v) is 7.49. The van der Waals surface area contributed by atoms with Crippen molar-refractivity contribution in [1.82, 2.24) is 42.1 Å². The Hall–Kier alpha value is -6.79. The lowest BCUT2D eigenvalue weighted by Gasteiger charge is -2.30. The average molecular weight is 901 g/mol. The lowest BCUT2D eigenvalue weighted by atomic mass is 10.0. The Bertz CT molecular complexity index is 2040. The van der Waals surface area contributed by atoms with E-state index < -0.39 is 96.5 Å². The number of guanidine groups is 1. The Morgan fingerprint density at radius 3 is 1.95 bits per heavy atom. The summed E-state index contributed by atoms with van der Waals surface area (Å²) in [5.74, 6) is -6.72. The van der Waals surface area contributed by atoms with E-state index in [0.29, 0.717) is 24.1 Å². The van der Waals surface area contributed by atoms with E-state index in [-0.39, 0.29) is 63.5 Å². The molecule has 19 heteroatoms. The molecule has 2 aromatic rings. The van der Waals surface area contributed by atoms with Gasteiger partial charge < -0.3 is 53.0 Å². The summed E-state index contributed by atoms with van der Waals surface area (Å²) in [5.41, 5.74) is 8.45. The molecule has 2 aromatic carbocycles. The zero-order valence-electron chi connectivity index (χ0n) is 37.6. The second-order valence-corrected chi connectivity index (χ2v) is 17.0. The fraction of sp³-hybridized carbons (Fsp3) is 0.500. The van der Waals surface area contributed by atoms with Gasteiger partial charge in [-0.3, -0.25) is 38.4 Å². The number of hydrogen-bond donors (Lipinski definition) is 9. The number of benzene rings is 2. The standard InChI is InChI=1S/C46H64N10O9/c1-28(2)19-21-49-46(47)48-20-11-17-32-40(60)55-36(25-31-15-9-6-10-16-31)45(65)56-22-12-18-37(56)44(64)50-27-38(57)51-33(23-29(3)4)41(61)54-35(26-39(58)59)43(63)53-34(42(62)52-32)24-30-13-7-5-8-14-30/h5-10,13-16,19,29,32-37H,11-12,17-18,20-27H2,1-4H3,(H,50,64)(H,51,57)(H,52,62)(H,53,63)(H,54,61)(H,55,60)(H,58,59)(H3,47,48,49). The number of aliphatic imine (C=N–C) groups is 1. The molecule has 0 spiro atoms. The predicted molar refractivity (Wildman–Crippen MR) is 243 cm³/mol. The summed E-state index contributed by atoms with van der Waals surface area (Å²) in [7, 11) is 0. The number of carboxylic acid groups (broad SMARTS) is 1. The van der Waals surface area contributed by atoms with Crippen LogP contribution in [0.3, 0.4) is 0 Å². The number of nitrogens with zero attached hydrogens (tertiary/aromatic N) is 2. The summed E-state index contributed by atoms with van der Waals surface area (Å²) in [6.07, 6.45) is 2.10. The molecule has 4 rings (SSSR count). The molecule has 0 radical (unpaired) electrons. The molecule has 6 atom stereocenters. The number of carbonyl (C=O) groups excluding carboxylic acids is 7. The molecule has 2 aliphatic heterocycles. The number of rotatable bonds is 14. The van der Waals surface area contributed by atoms with Crippen molar-refractivity contribution in [2.45, 2.75) is 115 Å². The summed E-state index contributed by atoms with van der Waals surface area (Å²) >= 11 is 0. The summed E-state index contributed by atoms with van der Waals surface area (Å²) in [4.78, 5) is 116. The molecule has 0 bridgehead atoms. The van der Waals surface area contributed by atoms with Crippen molar-refractivity contribution in [3.8, 4) is 0 Å². The fourth-order valence-electron chi connectivity index (χ4n) is 7.49. The lowest BCUT2D eigenvalue weighted by molar-refractivity contribution is -0.142. The molecule has 0 aliphatic carbocycles. The first-order valence-electron chi connectivity index (χ1n) is 22.1. The highest BCUT2D eigenvalue weighted by Gasteiger charge is 2.39. The smallest absolute Gasteiger partial charge is 0.305 e. The van der Waals surface area contributed by atoms with E-state index in [0.717, 1.165) is 5.57 Å². The van der Waals surface area contributed by atoms with Crippen LogP contribution in [0.4, 0.5) is 0 Å². The van der Waals surface area contributed by atoms with Gasteiger partial charge in [-0.2, -0.15) is 0 Å².